The summed E-state index contributed by atoms with van der Waals surface area (Å²) in [7, 11) is 0. The van der Waals surface area contributed by atoms with Gasteiger partial charge in [-0.3, -0.25) is 4.79 Å². The highest BCUT2D eigenvalue weighted by atomic mass is 19.1. The summed E-state index contributed by atoms with van der Waals surface area (Å²) < 4.78 is 19.5. The highest BCUT2D eigenvalue weighted by Crippen LogP contribution is 2.21. The molecule has 156 valence electrons. The molecule has 0 aliphatic heterocycles. The summed E-state index contributed by atoms with van der Waals surface area (Å²) in [6, 6.07) is 21.5. The predicted octanol–water partition coefficient (Wildman–Crippen LogP) is 4.98. The monoisotopic (exact) mass is 416 g/mol. The summed E-state index contributed by atoms with van der Waals surface area (Å²) in [5.41, 5.74) is 3.56. The van der Waals surface area contributed by atoms with Crippen molar-refractivity contribution in [3.8, 4) is 11.4 Å². The molecule has 1 aromatic heterocycles. The van der Waals surface area contributed by atoms with Gasteiger partial charge in [0.15, 0.2) is 0 Å². The number of halogens is 1. The third-order valence-corrected chi connectivity index (χ3v) is 4.64. The lowest BCUT2D eigenvalue weighted by Crippen LogP contribution is -2.15. The topological polar surface area (TPSA) is 80.0 Å². The molecule has 0 unspecified atom stereocenters. The van der Waals surface area contributed by atoms with Gasteiger partial charge in [0, 0.05) is 11.3 Å². The zero-order valence-corrected chi connectivity index (χ0v) is 16.9. The average molecular weight is 416 g/mol. The summed E-state index contributed by atoms with van der Waals surface area (Å²) in [6.07, 6.45) is 0.168. The largest absolute Gasteiger partial charge is 0.376 e. The van der Waals surface area contributed by atoms with Gasteiger partial charge in [-0.2, -0.15) is 4.98 Å². The molecule has 0 radical (unpaired) electrons. The van der Waals surface area contributed by atoms with Crippen LogP contribution in [0.5, 0.6) is 0 Å². The maximum atomic E-state index is 14.2. The van der Waals surface area contributed by atoms with Crippen LogP contribution in [0.1, 0.15) is 17.0 Å². The zero-order chi connectivity index (χ0) is 21.6. The molecule has 0 aliphatic rings. The minimum Gasteiger partial charge on any atom is -0.376 e. The quantitative estimate of drug-likeness (QED) is 0.444. The van der Waals surface area contributed by atoms with Gasteiger partial charge in [-0.25, -0.2) is 4.39 Å². The first-order chi connectivity index (χ1) is 15.1. The average Bonchev–Trinajstić information content (AvgIpc) is 3.24. The first-order valence-corrected chi connectivity index (χ1v) is 9.83. The molecule has 7 heteroatoms. The van der Waals surface area contributed by atoms with E-state index in [0.717, 1.165) is 16.7 Å². The fourth-order valence-corrected chi connectivity index (χ4v) is 3.11. The summed E-state index contributed by atoms with van der Waals surface area (Å²) >= 11 is 0. The lowest BCUT2D eigenvalue weighted by atomic mass is 10.1. The Hall–Kier alpha value is -4.00. The van der Waals surface area contributed by atoms with Crippen LogP contribution in [0.15, 0.2) is 77.3 Å². The van der Waals surface area contributed by atoms with Crippen molar-refractivity contribution in [2.45, 2.75) is 19.9 Å². The standard InChI is InChI=1S/C24H21FN4O2/c1-16-6-5-9-18(12-16)24-28-23(31-29-24)15-26-19-10-11-20(25)21(14-19)27-22(30)13-17-7-3-2-4-8-17/h2-12,14,26H,13,15H2,1H3,(H,27,30). The normalized spacial score (nSPS) is 10.6. The molecule has 4 aromatic rings. The summed E-state index contributed by atoms with van der Waals surface area (Å²) in [6.45, 7) is 2.26. The molecule has 1 heterocycles. The maximum absolute atomic E-state index is 14.2. The molecule has 0 spiro atoms. The first-order valence-electron chi connectivity index (χ1n) is 9.83. The number of amides is 1. The molecule has 3 aromatic carbocycles. The van der Waals surface area contributed by atoms with Crippen molar-refractivity contribution in [1.29, 1.82) is 0 Å². The van der Waals surface area contributed by atoms with Crippen molar-refractivity contribution in [2.75, 3.05) is 10.6 Å². The second-order valence-electron chi connectivity index (χ2n) is 7.14. The number of carbonyl (C=O) groups excluding carboxylic acids is 1. The number of hydrogen-bond donors (Lipinski definition) is 2. The van der Waals surface area contributed by atoms with Gasteiger partial charge in [-0.05, 0) is 36.8 Å². The second-order valence-corrected chi connectivity index (χ2v) is 7.14. The smallest absolute Gasteiger partial charge is 0.246 e. The Labute approximate surface area is 179 Å². The lowest BCUT2D eigenvalue weighted by Gasteiger charge is -2.10. The second kappa shape index (κ2) is 9.21. The number of nitrogens with zero attached hydrogens (tertiary/aromatic N) is 2. The van der Waals surface area contributed by atoms with E-state index < -0.39 is 5.82 Å². The minimum absolute atomic E-state index is 0.108. The zero-order valence-electron chi connectivity index (χ0n) is 16.9. The van der Waals surface area contributed by atoms with Crippen molar-refractivity contribution in [3.63, 3.8) is 0 Å². The molecule has 2 N–H and O–H groups in total. The molecule has 6 nitrogen and oxygen atoms in total. The molecule has 0 atom stereocenters. The molecule has 0 fully saturated rings. The van der Waals surface area contributed by atoms with Crippen molar-refractivity contribution >= 4 is 17.3 Å². The maximum Gasteiger partial charge on any atom is 0.246 e. The summed E-state index contributed by atoms with van der Waals surface area (Å²) in [4.78, 5) is 16.6. The van der Waals surface area contributed by atoms with Gasteiger partial charge >= 0.3 is 0 Å². The van der Waals surface area contributed by atoms with Gasteiger partial charge in [0.1, 0.15) is 5.82 Å². The third kappa shape index (κ3) is 5.33. The van der Waals surface area contributed by atoms with Crippen LogP contribution in [0.4, 0.5) is 15.8 Å². The van der Waals surface area contributed by atoms with Gasteiger partial charge in [-0.1, -0.05) is 59.3 Å². The first kappa shape index (κ1) is 20.3. The predicted molar refractivity (Wildman–Crippen MR) is 117 cm³/mol. The number of benzene rings is 3. The van der Waals surface area contributed by atoms with Crippen LogP contribution in [0, 0.1) is 12.7 Å². The van der Waals surface area contributed by atoms with Crippen LogP contribution in [0.3, 0.4) is 0 Å². The summed E-state index contributed by atoms with van der Waals surface area (Å²) in [5.74, 6) is 0.109. The number of nitrogens with one attached hydrogen (secondary N) is 2. The van der Waals surface area contributed by atoms with E-state index in [0.29, 0.717) is 17.4 Å². The number of hydrogen-bond acceptors (Lipinski definition) is 5. The Bertz CT molecular complexity index is 1190. The molecule has 0 bridgehead atoms. The van der Waals surface area contributed by atoms with E-state index in [9.17, 15) is 9.18 Å². The van der Waals surface area contributed by atoms with Gasteiger partial charge in [0.05, 0.1) is 18.7 Å². The highest BCUT2D eigenvalue weighted by Gasteiger charge is 2.11. The van der Waals surface area contributed by atoms with Crippen LogP contribution < -0.4 is 10.6 Å². The van der Waals surface area contributed by atoms with E-state index in [1.54, 1.807) is 6.07 Å². The van der Waals surface area contributed by atoms with Gasteiger partial charge in [0.25, 0.3) is 0 Å². The van der Waals surface area contributed by atoms with Gasteiger partial charge in [0.2, 0.25) is 17.6 Å². The van der Waals surface area contributed by atoms with E-state index in [-0.39, 0.29) is 24.6 Å². The van der Waals surface area contributed by atoms with Gasteiger partial charge < -0.3 is 15.2 Å². The SMILES string of the molecule is Cc1cccc(-c2noc(CNc3ccc(F)c(NC(=O)Cc4ccccc4)c3)n2)c1. The Kier molecular flexibility index (Phi) is 6.03. The molecular formula is C24H21FN4O2. The number of anilines is 2. The van der Waals surface area contributed by atoms with E-state index in [1.165, 1.54) is 12.1 Å². The fraction of sp³-hybridized carbons (Fsp3) is 0.125. The van der Waals surface area contributed by atoms with Crippen LogP contribution in [0.2, 0.25) is 0 Å². The van der Waals surface area contributed by atoms with Crippen LogP contribution in [-0.2, 0) is 17.8 Å². The van der Waals surface area contributed by atoms with Crippen LogP contribution in [0.25, 0.3) is 11.4 Å². The van der Waals surface area contributed by atoms with E-state index in [4.69, 9.17) is 4.52 Å². The number of carbonyl (C=O) groups is 1. The molecular weight excluding hydrogens is 395 g/mol. The van der Waals surface area contributed by atoms with E-state index >= 15 is 0 Å². The Morgan fingerprint density at radius 3 is 2.68 bits per heavy atom. The number of aryl methyl sites for hydroxylation is 1. The number of aromatic nitrogens is 2. The van der Waals surface area contributed by atoms with Crippen molar-refractivity contribution in [3.05, 3.63) is 95.6 Å². The van der Waals surface area contributed by atoms with Crippen molar-refractivity contribution < 1.29 is 13.7 Å². The van der Waals surface area contributed by atoms with Crippen LogP contribution in [-0.4, -0.2) is 16.0 Å². The van der Waals surface area contributed by atoms with Gasteiger partial charge in [-0.15, -0.1) is 0 Å². The summed E-state index contributed by atoms with van der Waals surface area (Å²) in [5, 5.41) is 9.74. The Balaban J connectivity index is 1.39. The van der Waals surface area contributed by atoms with Crippen LogP contribution >= 0.6 is 0 Å². The minimum atomic E-state index is -0.508. The van der Waals surface area contributed by atoms with E-state index in [1.807, 2.05) is 61.5 Å². The lowest BCUT2D eigenvalue weighted by molar-refractivity contribution is -0.115. The molecule has 4 rings (SSSR count). The molecule has 1 amide bonds. The Morgan fingerprint density at radius 2 is 1.87 bits per heavy atom. The molecule has 0 aliphatic carbocycles. The fourth-order valence-electron chi connectivity index (χ4n) is 3.11. The third-order valence-electron chi connectivity index (χ3n) is 4.64. The Morgan fingerprint density at radius 1 is 1.03 bits per heavy atom. The highest BCUT2D eigenvalue weighted by molar-refractivity contribution is 5.92. The molecule has 0 saturated heterocycles. The number of rotatable bonds is 7. The van der Waals surface area contributed by atoms with Crippen molar-refractivity contribution in [1.82, 2.24) is 10.1 Å². The van der Waals surface area contributed by atoms with E-state index in [2.05, 4.69) is 20.8 Å². The molecule has 0 saturated carbocycles. The van der Waals surface area contributed by atoms with Crippen molar-refractivity contribution in [2.24, 2.45) is 0 Å². The molecule has 31 heavy (non-hydrogen) atoms.